The van der Waals surface area contributed by atoms with Gasteiger partial charge in [-0.1, -0.05) is 78.9 Å². The molecule has 9 rings (SSSR count). The molecule has 8 amide bonds. The van der Waals surface area contributed by atoms with E-state index in [1.807, 2.05) is 39.8 Å². The van der Waals surface area contributed by atoms with Gasteiger partial charge in [-0.05, 0) is 123 Å². The molecule has 4 aliphatic carbocycles. The molecule has 0 bridgehead atoms. The Morgan fingerprint density at radius 2 is 1.62 bits per heavy atom. The fraction of sp³-hybridized carbons (Fsp3) is 0.661. The summed E-state index contributed by atoms with van der Waals surface area (Å²) in [6.07, 6.45) is 15.4. The summed E-state index contributed by atoms with van der Waals surface area (Å²) in [5.74, 6) is -3.80. The van der Waals surface area contributed by atoms with Gasteiger partial charge in [-0.3, -0.25) is 53.5 Å². The number of ketones is 1. The number of amides is 8. The lowest BCUT2D eigenvalue weighted by Crippen LogP contribution is -2.62. The molecule has 4 heterocycles. The van der Waals surface area contributed by atoms with E-state index in [1.165, 1.54) is 6.20 Å². The Kier molecular flexibility index (Phi) is 15.7. The van der Waals surface area contributed by atoms with E-state index in [1.54, 1.807) is 16.0 Å². The molecule has 2 aromatic rings. The van der Waals surface area contributed by atoms with Crippen molar-refractivity contribution in [1.29, 1.82) is 0 Å². The van der Waals surface area contributed by atoms with Crippen LogP contribution in [0.1, 0.15) is 193 Å². The van der Waals surface area contributed by atoms with Crippen LogP contribution >= 0.6 is 0 Å². The first kappa shape index (κ1) is 52.8. The zero-order valence-electron chi connectivity index (χ0n) is 43.7. The van der Waals surface area contributed by atoms with E-state index in [-0.39, 0.29) is 71.9 Å². The van der Waals surface area contributed by atoms with Crippen molar-refractivity contribution in [1.82, 2.24) is 46.4 Å². The van der Waals surface area contributed by atoms with Crippen LogP contribution in [0.25, 0.3) is 0 Å². The minimum atomic E-state index is -1.05. The van der Waals surface area contributed by atoms with Crippen molar-refractivity contribution in [2.45, 2.75) is 198 Å². The second-order valence-electron chi connectivity index (χ2n) is 23.6. The maximum Gasteiger partial charge on any atom is 0.289 e. The molecule has 4 saturated carbocycles. The summed E-state index contributed by atoms with van der Waals surface area (Å²) in [6.45, 7) is 10.4. The van der Waals surface area contributed by atoms with Crippen LogP contribution in [0.3, 0.4) is 0 Å². The predicted octanol–water partition coefficient (Wildman–Crippen LogP) is 4.89. The Labute approximate surface area is 433 Å². The van der Waals surface area contributed by atoms with Gasteiger partial charge in [-0.15, -0.1) is 0 Å². The van der Waals surface area contributed by atoms with Gasteiger partial charge in [0.2, 0.25) is 35.3 Å². The number of Topliss-reactive ketones (excluding diaryl/α,β-unsaturated/α-hetero) is 1. The zero-order valence-corrected chi connectivity index (χ0v) is 43.7. The van der Waals surface area contributed by atoms with E-state index in [9.17, 15) is 43.2 Å². The first-order valence-electron chi connectivity index (χ1n) is 27.6. The number of nitrogens with zero attached hydrogens (tertiary/aromatic N) is 4. The number of carbonyl (C=O) groups is 9. The number of imide groups is 1. The molecule has 398 valence electrons. The zero-order chi connectivity index (χ0) is 52.6. The summed E-state index contributed by atoms with van der Waals surface area (Å²) in [6, 6.07) is 1.40. The number of piperidine rings is 1. The normalized spacial score (nSPS) is 27.3. The molecule has 18 nitrogen and oxygen atoms in total. The third-order valence-corrected chi connectivity index (χ3v) is 17.3. The minimum Gasteiger partial charge on any atom is -0.347 e. The molecule has 0 radical (unpaired) electrons. The molecule has 1 aromatic heterocycles. The summed E-state index contributed by atoms with van der Waals surface area (Å²) in [4.78, 5) is 134. The Hall–Kier alpha value is -6.07. The smallest absolute Gasteiger partial charge is 0.289 e. The Morgan fingerprint density at radius 3 is 2.30 bits per heavy atom. The van der Waals surface area contributed by atoms with Crippen LogP contribution in [0.2, 0.25) is 0 Å². The highest BCUT2D eigenvalue weighted by Crippen LogP contribution is 2.46. The standard InChI is InChI=1S/C56H75N9O9/c1-6-11-40(47(67)53(72)59-36-18-19-36)60-52(71)46-38-15-10-14-34(38)28-65(46)55(74)48(56(3,4)5)63-51(70)45(31-12-8-7-9-13-31)62-49(68)42-27-57-41(26-58-42)33-17-20-37(30(2)24-33)32-16-21-39-35(25-32)29-64(54(39)73)43-22-23-44(66)61-50(43)69/h16,21,25-27,30-31,33-34,36-38,40,43,45-46,48H,6-15,17-20,22-24,28-29H2,1-5H3,(H,59,72)(H,60,71)(H,62,68)(H,63,70)(H,61,66,69)/t30?,33?,34-,37?,38-,40+,43?,45-,46-,48+/m0/s1. The van der Waals surface area contributed by atoms with Crippen molar-refractivity contribution in [2.24, 2.45) is 29.1 Å². The fourth-order valence-corrected chi connectivity index (χ4v) is 13.1. The molecule has 18 heteroatoms. The second-order valence-corrected chi connectivity index (χ2v) is 23.6. The summed E-state index contributed by atoms with van der Waals surface area (Å²) >= 11 is 0. The molecule has 6 fully saturated rings. The van der Waals surface area contributed by atoms with E-state index in [4.69, 9.17) is 4.98 Å². The van der Waals surface area contributed by atoms with Crippen molar-refractivity contribution in [3.63, 3.8) is 0 Å². The highest BCUT2D eigenvalue weighted by molar-refractivity contribution is 6.38. The van der Waals surface area contributed by atoms with Crippen molar-refractivity contribution in [3.05, 3.63) is 58.7 Å². The summed E-state index contributed by atoms with van der Waals surface area (Å²) in [7, 11) is 0. The Bertz CT molecular complexity index is 2530. The largest absolute Gasteiger partial charge is 0.347 e. The summed E-state index contributed by atoms with van der Waals surface area (Å²) < 4.78 is 0. The van der Waals surface area contributed by atoms with Gasteiger partial charge in [0.05, 0.1) is 17.9 Å². The third kappa shape index (κ3) is 11.3. The van der Waals surface area contributed by atoms with E-state index >= 15 is 0 Å². The van der Waals surface area contributed by atoms with Crippen LogP contribution in [0.4, 0.5) is 0 Å². The van der Waals surface area contributed by atoms with E-state index in [0.717, 1.165) is 100 Å². The number of aromatic nitrogens is 2. The van der Waals surface area contributed by atoms with Gasteiger partial charge in [-0.25, -0.2) is 4.98 Å². The Balaban J connectivity index is 0.845. The molecule has 74 heavy (non-hydrogen) atoms. The van der Waals surface area contributed by atoms with Crippen LogP contribution in [0, 0.1) is 29.1 Å². The molecule has 10 atom stereocenters. The quantitative estimate of drug-likeness (QED) is 0.112. The molecule has 0 spiro atoms. The maximum atomic E-state index is 15.0. The van der Waals surface area contributed by atoms with Gasteiger partial charge in [0, 0.05) is 43.2 Å². The first-order valence-corrected chi connectivity index (χ1v) is 27.6. The summed E-state index contributed by atoms with van der Waals surface area (Å²) in [5.41, 5.74) is 2.69. The molecular formula is C56H75N9O9. The molecule has 1 aromatic carbocycles. The highest BCUT2D eigenvalue weighted by atomic mass is 16.2. The SMILES string of the molecule is CCC[C@@H](NC(=O)[C@@H]1[C@H]2CCC[C@H]2CN1C(=O)[C@@H](NC(=O)[C@@H](NC(=O)c1cnc(C2CCC(c3ccc4c(c3)CN(C3CCC(=O)NC3=O)C4=O)C(C)C2)cn1)C1CCCCC1)C(C)(C)C)C(=O)C(=O)NC1CC1. The van der Waals surface area contributed by atoms with Gasteiger partial charge in [-0.2, -0.15) is 0 Å². The number of nitrogens with one attached hydrogen (secondary N) is 5. The number of hydrogen-bond acceptors (Lipinski definition) is 11. The fourth-order valence-electron chi connectivity index (χ4n) is 13.1. The lowest BCUT2D eigenvalue weighted by molar-refractivity contribution is -0.146. The molecule has 5 N–H and O–H groups in total. The van der Waals surface area contributed by atoms with Crippen LogP contribution in [-0.2, 0) is 40.1 Å². The van der Waals surface area contributed by atoms with Crippen molar-refractivity contribution in [2.75, 3.05) is 6.54 Å². The summed E-state index contributed by atoms with van der Waals surface area (Å²) in [5, 5.41) is 14.1. The molecule has 7 aliphatic rings. The maximum absolute atomic E-state index is 15.0. The number of hydrogen-bond donors (Lipinski definition) is 5. The molecule has 2 saturated heterocycles. The van der Waals surface area contributed by atoms with Gasteiger partial charge < -0.3 is 31.1 Å². The number of benzene rings is 1. The third-order valence-electron chi connectivity index (χ3n) is 17.3. The van der Waals surface area contributed by atoms with Crippen LogP contribution < -0.4 is 26.6 Å². The topological polar surface area (TPSA) is 246 Å². The van der Waals surface area contributed by atoms with Crippen LogP contribution in [-0.4, -0.2) is 116 Å². The second kappa shape index (κ2) is 22.0. The molecule has 3 aliphatic heterocycles. The van der Waals surface area contributed by atoms with Crippen molar-refractivity contribution in [3.8, 4) is 0 Å². The monoisotopic (exact) mass is 1020 g/mol. The lowest BCUT2D eigenvalue weighted by Gasteiger charge is -2.38. The van der Waals surface area contributed by atoms with Crippen LogP contribution in [0.5, 0.6) is 0 Å². The highest BCUT2D eigenvalue weighted by Gasteiger charge is 2.53. The van der Waals surface area contributed by atoms with Gasteiger partial charge in [0.1, 0.15) is 29.9 Å². The van der Waals surface area contributed by atoms with Crippen molar-refractivity contribution >= 4 is 53.0 Å². The molecule has 4 unspecified atom stereocenters. The number of rotatable bonds is 16. The Morgan fingerprint density at radius 1 is 0.851 bits per heavy atom. The van der Waals surface area contributed by atoms with Crippen LogP contribution in [0.15, 0.2) is 30.6 Å². The van der Waals surface area contributed by atoms with Gasteiger partial charge in [0.25, 0.3) is 17.7 Å². The van der Waals surface area contributed by atoms with Crippen molar-refractivity contribution < 1.29 is 43.2 Å². The van der Waals surface area contributed by atoms with Gasteiger partial charge in [0.15, 0.2) is 0 Å². The minimum absolute atomic E-state index is 0.0127. The number of likely N-dealkylation sites (tertiary alicyclic amines) is 1. The number of fused-ring (bicyclic) bond motifs is 2. The van der Waals surface area contributed by atoms with E-state index < -0.39 is 76.9 Å². The lowest BCUT2D eigenvalue weighted by atomic mass is 9.71. The molecular weight excluding hydrogens is 943 g/mol. The first-order chi connectivity index (χ1) is 35.4. The van der Waals surface area contributed by atoms with Gasteiger partial charge >= 0.3 is 0 Å². The predicted molar refractivity (Wildman–Crippen MR) is 272 cm³/mol. The average Bonchev–Trinajstić information content (AvgIpc) is 3.80. The van der Waals surface area contributed by atoms with E-state index in [0.29, 0.717) is 31.5 Å². The number of carbonyl (C=O) groups excluding carboxylic acids is 9. The average molecular weight is 1020 g/mol. The van der Waals surface area contributed by atoms with E-state index in [2.05, 4.69) is 44.6 Å².